The molecule has 0 atom stereocenters. The first-order valence-electron chi connectivity index (χ1n) is 6.88. The topological polar surface area (TPSA) is 35.1 Å². The van der Waals surface area contributed by atoms with Gasteiger partial charge in [0.25, 0.3) is 0 Å². The van der Waals surface area contributed by atoms with Crippen LogP contribution in [-0.2, 0) is 0 Å². The quantitative estimate of drug-likeness (QED) is 0.542. The largest absolute Gasteiger partial charge is 0.288 e. The normalized spacial score (nSPS) is 11.4. The van der Waals surface area contributed by atoms with Gasteiger partial charge in [0.15, 0.2) is 10.8 Å². The summed E-state index contributed by atoms with van der Waals surface area (Å²) < 4.78 is 3.97. The average molecular weight is 329 g/mol. The van der Waals surface area contributed by atoms with Crippen molar-refractivity contribution in [2.45, 2.75) is 13.8 Å². The van der Waals surface area contributed by atoms with Gasteiger partial charge in [0.1, 0.15) is 0 Å². The molecule has 6 heteroatoms. The summed E-state index contributed by atoms with van der Waals surface area (Å²) >= 11 is 7.59. The molecule has 0 saturated carbocycles. The average Bonchev–Trinajstić information content (AvgIpc) is 3.13. The predicted octanol–water partition coefficient (Wildman–Crippen LogP) is 4.52. The van der Waals surface area contributed by atoms with E-state index in [4.69, 9.17) is 11.6 Å². The number of thiazole rings is 1. The highest BCUT2D eigenvalue weighted by atomic mass is 35.5. The van der Waals surface area contributed by atoms with E-state index in [0.717, 1.165) is 38.4 Å². The lowest BCUT2D eigenvalue weighted by atomic mass is 10.2. The molecule has 0 saturated heterocycles. The van der Waals surface area contributed by atoms with E-state index in [9.17, 15) is 0 Å². The molecule has 4 rings (SSSR count). The van der Waals surface area contributed by atoms with Crippen LogP contribution in [0.25, 0.3) is 22.0 Å². The molecule has 0 unspecified atom stereocenters. The van der Waals surface area contributed by atoms with Gasteiger partial charge in [-0.1, -0.05) is 23.7 Å². The SMILES string of the molecule is Cc1cc(C)n(-c2cn3c(-c4ccc(Cl)cc4)csc3n2)n1. The molecule has 4 nitrogen and oxygen atoms in total. The van der Waals surface area contributed by atoms with E-state index < -0.39 is 0 Å². The minimum absolute atomic E-state index is 0.740. The Bertz CT molecular complexity index is 962. The van der Waals surface area contributed by atoms with E-state index >= 15 is 0 Å². The molecule has 3 heterocycles. The Morgan fingerprint density at radius 2 is 1.91 bits per heavy atom. The Kier molecular flexibility index (Phi) is 3.06. The monoisotopic (exact) mass is 328 g/mol. The zero-order valence-corrected chi connectivity index (χ0v) is 13.7. The van der Waals surface area contributed by atoms with Gasteiger partial charge in [-0.3, -0.25) is 4.40 Å². The van der Waals surface area contributed by atoms with Crippen molar-refractivity contribution in [3.8, 4) is 17.1 Å². The second-order valence-corrected chi connectivity index (χ2v) is 6.49. The molecular formula is C16H13ClN4S. The minimum atomic E-state index is 0.740. The van der Waals surface area contributed by atoms with Gasteiger partial charge < -0.3 is 0 Å². The Balaban J connectivity index is 1.86. The molecule has 1 aromatic carbocycles. The van der Waals surface area contributed by atoms with Gasteiger partial charge in [-0.25, -0.2) is 4.68 Å². The van der Waals surface area contributed by atoms with Crippen LogP contribution in [0.2, 0.25) is 5.02 Å². The highest BCUT2D eigenvalue weighted by Crippen LogP contribution is 2.28. The molecule has 0 spiro atoms. The number of rotatable bonds is 2. The number of aryl methyl sites for hydroxylation is 2. The van der Waals surface area contributed by atoms with Crippen molar-refractivity contribution in [3.63, 3.8) is 0 Å². The van der Waals surface area contributed by atoms with E-state index in [-0.39, 0.29) is 0 Å². The molecule has 0 aliphatic heterocycles. The van der Waals surface area contributed by atoms with Crippen LogP contribution in [0.4, 0.5) is 0 Å². The second kappa shape index (κ2) is 4.97. The lowest BCUT2D eigenvalue weighted by molar-refractivity contribution is 0.813. The summed E-state index contributed by atoms with van der Waals surface area (Å²) in [6.07, 6.45) is 2.02. The highest BCUT2D eigenvalue weighted by Gasteiger charge is 2.13. The van der Waals surface area contributed by atoms with Crippen molar-refractivity contribution >= 4 is 27.9 Å². The molecule has 4 aromatic rings. The van der Waals surface area contributed by atoms with Gasteiger partial charge in [0, 0.05) is 16.1 Å². The number of hydrogen-bond acceptors (Lipinski definition) is 3. The van der Waals surface area contributed by atoms with Crippen molar-refractivity contribution in [2.75, 3.05) is 0 Å². The van der Waals surface area contributed by atoms with Crippen LogP contribution < -0.4 is 0 Å². The fourth-order valence-corrected chi connectivity index (χ4v) is 3.57. The first-order chi connectivity index (χ1) is 10.6. The zero-order valence-electron chi connectivity index (χ0n) is 12.1. The Labute approximate surface area is 136 Å². The van der Waals surface area contributed by atoms with Crippen molar-refractivity contribution in [1.82, 2.24) is 19.2 Å². The zero-order chi connectivity index (χ0) is 15.3. The Morgan fingerprint density at radius 3 is 2.59 bits per heavy atom. The number of nitrogens with zero attached hydrogens (tertiary/aromatic N) is 4. The lowest BCUT2D eigenvalue weighted by Crippen LogP contribution is -1.99. The van der Waals surface area contributed by atoms with Crippen LogP contribution in [0.5, 0.6) is 0 Å². The number of fused-ring (bicyclic) bond motifs is 1. The number of halogens is 1. The van der Waals surface area contributed by atoms with Gasteiger partial charge in [-0.05, 0) is 37.6 Å². The van der Waals surface area contributed by atoms with Gasteiger partial charge in [-0.15, -0.1) is 11.3 Å². The maximum Gasteiger partial charge on any atom is 0.196 e. The van der Waals surface area contributed by atoms with Crippen LogP contribution in [-0.4, -0.2) is 19.2 Å². The Hall–Kier alpha value is -2.11. The summed E-state index contributed by atoms with van der Waals surface area (Å²) in [6, 6.07) is 9.89. The third-order valence-electron chi connectivity index (χ3n) is 3.56. The summed E-state index contributed by atoms with van der Waals surface area (Å²) in [5.74, 6) is 0.840. The van der Waals surface area contributed by atoms with Crippen LogP contribution in [0.15, 0.2) is 41.9 Å². The summed E-state index contributed by atoms with van der Waals surface area (Å²) in [5.41, 5.74) is 4.30. The van der Waals surface area contributed by atoms with E-state index in [1.165, 1.54) is 0 Å². The first kappa shape index (κ1) is 13.5. The fourth-order valence-electron chi connectivity index (χ4n) is 2.56. The molecule has 0 fully saturated rings. The third kappa shape index (κ3) is 2.14. The van der Waals surface area contributed by atoms with Crippen molar-refractivity contribution < 1.29 is 0 Å². The molecule has 0 bridgehead atoms. The highest BCUT2D eigenvalue weighted by molar-refractivity contribution is 7.15. The molecule has 0 aliphatic rings. The smallest absolute Gasteiger partial charge is 0.196 e. The van der Waals surface area contributed by atoms with Crippen LogP contribution in [0.1, 0.15) is 11.4 Å². The fraction of sp³-hybridized carbons (Fsp3) is 0.125. The number of aromatic nitrogens is 4. The summed E-state index contributed by atoms with van der Waals surface area (Å²) in [6.45, 7) is 4.02. The standard InChI is InChI=1S/C16H13ClN4S/c1-10-7-11(2)21(19-10)15-8-20-14(9-22-16(20)18-15)12-3-5-13(17)6-4-12/h3-9H,1-2H3. The van der Waals surface area contributed by atoms with Crippen LogP contribution in [0, 0.1) is 13.8 Å². The molecule has 0 radical (unpaired) electrons. The second-order valence-electron chi connectivity index (χ2n) is 5.22. The van der Waals surface area contributed by atoms with E-state index in [1.54, 1.807) is 11.3 Å². The van der Waals surface area contributed by atoms with Crippen LogP contribution in [0.3, 0.4) is 0 Å². The van der Waals surface area contributed by atoms with Gasteiger partial charge in [0.05, 0.1) is 17.6 Å². The van der Waals surface area contributed by atoms with E-state index in [0.29, 0.717) is 0 Å². The van der Waals surface area contributed by atoms with Crippen molar-refractivity contribution in [1.29, 1.82) is 0 Å². The minimum Gasteiger partial charge on any atom is -0.288 e. The molecule has 22 heavy (non-hydrogen) atoms. The van der Waals surface area contributed by atoms with E-state index in [2.05, 4.69) is 19.9 Å². The predicted molar refractivity (Wildman–Crippen MR) is 90.1 cm³/mol. The van der Waals surface area contributed by atoms with Crippen molar-refractivity contribution in [2.24, 2.45) is 0 Å². The summed E-state index contributed by atoms with van der Waals surface area (Å²) in [4.78, 5) is 5.63. The van der Waals surface area contributed by atoms with Crippen LogP contribution >= 0.6 is 22.9 Å². The third-order valence-corrected chi connectivity index (χ3v) is 4.65. The molecule has 0 amide bonds. The lowest BCUT2D eigenvalue weighted by Gasteiger charge is -2.00. The van der Waals surface area contributed by atoms with Gasteiger partial charge in [0.2, 0.25) is 0 Å². The van der Waals surface area contributed by atoms with E-state index in [1.807, 2.05) is 55.1 Å². The summed E-state index contributed by atoms with van der Waals surface area (Å²) in [5, 5.41) is 7.35. The molecule has 0 aliphatic carbocycles. The van der Waals surface area contributed by atoms with Crippen molar-refractivity contribution in [3.05, 3.63) is 58.3 Å². The van der Waals surface area contributed by atoms with Gasteiger partial charge in [-0.2, -0.15) is 10.1 Å². The molecule has 3 aromatic heterocycles. The molecule has 0 N–H and O–H groups in total. The summed E-state index contributed by atoms with van der Waals surface area (Å²) in [7, 11) is 0. The molecule has 110 valence electrons. The first-order valence-corrected chi connectivity index (χ1v) is 8.14. The Morgan fingerprint density at radius 1 is 1.14 bits per heavy atom. The van der Waals surface area contributed by atoms with Gasteiger partial charge >= 0.3 is 0 Å². The number of benzene rings is 1. The maximum atomic E-state index is 5.97. The maximum absolute atomic E-state index is 5.97. The number of imidazole rings is 1. The number of hydrogen-bond donors (Lipinski definition) is 0. The molecular weight excluding hydrogens is 316 g/mol.